The topological polar surface area (TPSA) is 56.2 Å². The van der Waals surface area contributed by atoms with Crippen LogP contribution in [-0.2, 0) is 0 Å². The minimum Gasteiger partial charge on any atom is -0.421 e. The molecule has 2 aromatic rings. The Balaban J connectivity index is 2.89. The van der Waals surface area contributed by atoms with Gasteiger partial charge in [-0.25, -0.2) is 9.18 Å². The zero-order chi connectivity index (χ0) is 9.42. The highest BCUT2D eigenvalue weighted by atomic mass is 19.1. The fourth-order valence-electron chi connectivity index (χ4n) is 1.10. The second-order valence-electron chi connectivity index (χ2n) is 2.67. The summed E-state index contributed by atoms with van der Waals surface area (Å²) in [5.74, 6) is -0.444. The molecule has 0 saturated carbocycles. The molecule has 0 radical (unpaired) electrons. The van der Waals surface area contributed by atoms with E-state index in [0.29, 0.717) is 5.39 Å². The Kier molecular flexibility index (Phi) is 1.55. The summed E-state index contributed by atoms with van der Waals surface area (Å²) >= 11 is 0. The van der Waals surface area contributed by atoms with E-state index in [9.17, 15) is 9.18 Å². The summed E-state index contributed by atoms with van der Waals surface area (Å²) in [5, 5.41) is 0.610. The van der Waals surface area contributed by atoms with Crippen molar-refractivity contribution in [3.8, 4) is 0 Å². The van der Waals surface area contributed by atoms with E-state index in [-0.39, 0.29) is 11.3 Å². The van der Waals surface area contributed by atoms with Gasteiger partial charge in [-0.15, -0.1) is 0 Å². The largest absolute Gasteiger partial charge is 0.421 e. The normalized spacial score (nSPS) is 10.5. The van der Waals surface area contributed by atoms with Crippen molar-refractivity contribution < 1.29 is 8.81 Å². The second kappa shape index (κ2) is 2.58. The van der Waals surface area contributed by atoms with E-state index < -0.39 is 11.4 Å². The maximum absolute atomic E-state index is 12.7. The van der Waals surface area contributed by atoms with E-state index in [1.165, 1.54) is 18.2 Å². The molecule has 0 bridgehead atoms. The molecule has 3 nitrogen and oxygen atoms in total. The number of nitrogen functional groups attached to an aromatic ring is 1. The van der Waals surface area contributed by atoms with Crippen LogP contribution >= 0.6 is 0 Å². The van der Waals surface area contributed by atoms with E-state index >= 15 is 0 Å². The van der Waals surface area contributed by atoms with Gasteiger partial charge in [0.2, 0.25) is 0 Å². The molecule has 13 heavy (non-hydrogen) atoms. The van der Waals surface area contributed by atoms with Gasteiger partial charge in [-0.1, -0.05) is 0 Å². The van der Waals surface area contributed by atoms with Crippen molar-refractivity contribution >= 4 is 16.7 Å². The third-order valence-electron chi connectivity index (χ3n) is 1.72. The van der Waals surface area contributed by atoms with Crippen LogP contribution in [0.2, 0.25) is 0 Å². The summed E-state index contributed by atoms with van der Waals surface area (Å²) in [6.45, 7) is 0. The number of rotatable bonds is 0. The summed E-state index contributed by atoms with van der Waals surface area (Å²) < 4.78 is 17.4. The molecule has 0 aliphatic rings. The van der Waals surface area contributed by atoms with Gasteiger partial charge >= 0.3 is 5.63 Å². The van der Waals surface area contributed by atoms with E-state index in [2.05, 4.69) is 0 Å². The molecule has 0 amide bonds. The first-order chi connectivity index (χ1) is 6.16. The lowest BCUT2D eigenvalue weighted by atomic mass is 10.2. The van der Waals surface area contributed by atoms with Crippen LogP contribution in [-0.4, -0.2) is 0 Å². The molecule has 0 spiro atoms. The van der Waals surface area contributed by atoms with Crippen molar-refractivity contribution in [3.63, 3.8) is 0 Å². The van der Waals surface area contributed by atoms with Gasteiger partial charge in [0.15, 0.2) is 0 Å². The molecule has 0 aliphatic heterocycles. The minimum absolute atomic E-state index is 0.0270. The fraction of sp³-hybridized carbons (Fsp3) is 0. The number of halogens is 1. The Hall–Kier alpha value is -1.84. The number of fused-ring (bicyclic) bond motifs is 1. The first-order valence-electron chi connectivity index (χ1n) is 3.66. The molecule has 66 valence electrons. The zero-order valence-corrected chi connectivity index (χ0v) is 6.58. The zero-order valence-electron chi connectivity index (χ0n) is 6.58. The quantitative estimate of drug-likeness (QED) is 0.623. The Morgan fingerprint density at radius 2 is 2.08 bits per heavy atom. The van der Waals surface area contributed by atoms with Crippen LogP contribution in [0, 0.1) is 5.82 Å². The third-order valence-corrected chi connectivity index (χ3v) is 1.72. The van der Waals surface area contributed by atoms with Crippen LogP contribution in [0.15, 0.2) is 33.5 Å². The van der Waals surface area contributed by atoms with Gasteiger partial charge in [0, 0.05) is 11.5 Å². The lowest BCUT2D eigenvalue weighted by molar-refractivity contribution is 0.557. The Morgan fingerprint density at radius 3 is 2.85 bits per heavy atom. The van der Waals surface area contributed by atoms with Gasteiger partial charge in [0.05, 0.1) is 0 Å². The second-order valence-corrected chi connectivity index (χ2v) is 2.67. The van der Waals surface area contributed by atoms with Crippen LogP contribution < -0.4 is 11.4 Å². The first kappa shape index (κ1) is 7.79. The van der Waals surface area contributed by atoms with Crippen LogP contribution in [0.3, 0.4) is 0 Å². The van der Waals surface area contributed by atoms with Crippen LogP contribution in [0.25, 0.3) is 11.0 Å². The van der Waals surface area contributed by atoms with Gasteiger partial charge in [-0.05, 0) is 18.2 Å². The average Bonchev–Trinajstić information content (AvgIpc) is 2.08. The van der Waals surface area contributed by atoms with Gasteiger partial charge in [0.25, 0.3) is 0 Å². The van der Waals surface area contributed by atoms with Crippen molar-refractivity contribution in [1.82, 2.24) is 0 Å². The summed E-state index contributed by atoms with van der Waals surface area (Å²) in [6.07, 6.45) is 0. The highest BCUT2D eigenvalue weighted by Gasteiger charge is 2.02. The maximum Gasteiger partial charge on any atom is 0.359 e. The maximum atomic E-state index is 12.7. The highest BCUT2D eigenvalue weighted by molar-refractivity contribution is 5.78. The molecular weight excluding hydrogens is 173 g/mol. The third kappa shape index (κ3) is 1.26. The molecule has 0 atom stereocenters. The highest BCUT2D eigenvalue weighted by Crippen LogP contribution is 2.15. The van der Waals surface area contributed by atoms with E-state index in [0.717, 1.165) is 6.07 Å². The molecule has 0 fully saturated rings. The lowest BCUT2D eigenvalue weighted by Gasteiger charge is -1.96. The molecule has 1 aromatic heterocycles. The predicted molar refractivity (Wildman–Crippen MR) is 46.9 cm³/mol. The molecule has 1 heterocycles. The number of benzene rings is 1. The fourth-order valence-corrected chi connectivity index (χ4v) is 1.10. The Morgan fingerprint density at radius 1 is 1.31 bits per heavy atom. The SMILES string of the molecule is Nc1cc2ccc(F)cc2oc1=O. The van der Waals surface area contributed by atoms with Crippen LogP contribution in [0.4, 0.5) is 10.1 Å². The van der Waals surface area contributed by atoms with Gasteiger partial charge in [-0.3, -0.25) is 0 Å². The molecule has 0 saturated heterocycles. The molecule has 2 N–H and O–H groups in total. The van der Waals surface area contributed by atoms with E-state index in [4.69, 9.17) is 10.2 Å². The molecule has 0 unspecified atom stereocenters. The number of hydrogen-bond donors (Lipinski definition) is 1. The molecular formula is C9H6FNO2. The van der Waals surface area contributed by atoms with Crippen LogP contribution in [0.1, 0.15) is 0 Å². The van der Waals surface area contributed by atoms with Gasteiger partial charge < -0.3 is 10.2 Å². The van der Waals surface area contributed by atoms with Crippen molar-refractivity contribution in [1.29, 1.82) is 0 Å². The van der Waals surface area contributed by atoms with E-state index in [1.807, 2.05) is 0 Å². The molecule has 2 rings (SSSR count). The van der Waals surface area contributed by atoms with Crippen molar-refractivity contribution in [3.05, 3.63) is 40.5 Å². The summed E-state index contributed by atoms with van der Waals surface area (Å²) in [5.41, 5.74) is 4.92. The lowest BCUT2D eigenvalue weighted by Crippen LogP contribution is -2.05. The smallest absolute Gasteiger partial charge is 0.359 e. The van der Waals surface area contributed by atoms with Crippen molar-refractivity contribution in [2.75, 3.05) is 5.73 Å². The molecule has 0 aliphatic carbocycles. The Bertz CT molecular complexity index is 518. The summed E-state index contributed by atoms with van der Waals surface area (Å²) in [4.78, 5) is 10.9. The monoisotopic (exact) mass is 179 g/mol. The summed E-state index contributed by atoms with van der Waals surface area (Å²) in [6, 6.07) is 5.39. The number of nitrogens with two attached hydrogens (primary N) is 1. The number of hydrogen-bond acceptors (Lipinski definition) is 3. The van der Waals surface area contributed by atoms with Gasteiger partial charge in [-0.2, -0.15) is 0 Å². The first-order valence-corrected chi connectivity index (χ1v) is 3.66. The predicted octanol–water partition coefficient (Wildman–Crippen LogP) is 1.51. The molecule has 4 heteroatoms. The van der Waals surface area contributed by atoms with Crippen molar-refractivity contribution in [2.24, 2.45) is 0 Å². The van der Waals surface area contributed by atoms with E-state index in [1.54, 1.807) is 0 Å². The average molecular weight is 179 g/mol. The van der Waals surface area contributed by atoms with Crippen molar-refractivity contribution in [2.45, 2.75) is 0 Å². The molecule has 1 aromatic carbocycles. The Labute approximate surface area is 72.6 Å². The summed E-state index contributed by atoms with van der Waals surface area (Å²) in [7, 11) is 0. The van der Waals surface area contributed by atoms with Crippen LogP contribution in [0.5, 0.6) is 0 Å². The standard InChI is InChI=1S/C9H6FNO2/c10-6-2-1-5-3-7(11)9(12)13-8(5)4-6/h1-4H,11H2. The minimum atomic E-state index is -0.641. The van der Waals surface area contributed by atoms with Gasteiger partial charge in [0.1, 0.15) is 17.1 Å². The number of anilines is 1.